The van der Waals surface area contributed by atoms with Crippen LogP contribution in [0.4, 0.5) is 0 Å². The van der Waals surface area contributed by atoms with E-state index in [-0.39, 0.29) is 5.54 Å². The van der Waals surface area contributed by atoms with Crippen LogP contribution in [0.5, 0.6) is 0 Å². The van der Waals surface area contributed by atoms with Gasteiger partial charge in [-0.2, -0.15) is 0 Å². The standard InChI is InChI=1S/C12H26N2O/c1-10-8-14(12(2,3)4)9-11(6-7-15)13(10)5/h10-11,15H,6-9H2,1-5H3. The topological polar surface area (TPSA) is 26.7 Å². The highest BCUT2D eigenvalue weighted by Crippen LogP contribution is 2.23. The summed E-state index contributed by atoms with van der Waals surface area (Å²) in [5.74, 6) is 0. The Labute approximate surface area is 94.1 Å². The molecule has 3 heteroatoms. The zero-order valence-corrected chi connectivity index (χ0v) is 10.8. The van der Waals surface area contributed by atoms with Crippen LogP contribution in [0, 0.1) is 0 Å². The molecule has 0 aliphatic carbocycles. The molecule has 1 aliphatic heterocycles. The second kappa shape index (κ2) is 4.81. The highest BCUT2D eigenvalue weighted by atomic mass is 16.3. The van der Waals surface area contributed by atoms with Crippen LogP contribution in [0.2, 0.25) is 0 Å². The Balaban J connectivity index is 2.66. The molecule has 3 nitrogen and oxygen atoms in total. The van der Waals surface area contributed by atoms with Gasteiger partial charge in [0.15, 0.2) is 0 Å². The van der Waals surface area contributed by atoms with Crippen LogP contribution in [0.1, 0.15) is 34.1 Å². The number of hydrogen-bond acceptors (Lipinski definition) is 3. The molecule has 1 N–H and O–H groups in total. The third-order valence-corrected chi connectivity index (χ3v) is 3.60. The van der Waals surface area contributed by atoms with Crippen molar-refractivity contribution in [1.82, 2.24) is 9.80 Å². The lowest BCUT2D eigenvalue weighted by atomic mass is 9.98. The van der Waals surface area contributed by atoms with Crippen LogP contribution in [-0.2, 0) is 0 Å². The molecule has 0 aromatic rings. The fourth-order valence-electron chi connectivity index (χ4n) is 2.26. The van der Waals surface area contributed by atoms with E-state index in [1.807, 2.05) is 0 Å². The lowest BCUT2D eigenvalue weighted by Gasteiger charge is -2.49. The number of piperazine rings is 1. The number of aliphatic hydroxyl groups excluding tert-OH is 1. The predicted octanol–water partition coefficient (Wildman–Crippen LogP) is 1.17. The molecule has 0 saturated carbocycles. The van der Waals surface area contributed by atoms with Crippen molar-refractivity contribution >= 4 is 0 Å². The minimum Gasteiger partial charge on any atom is -0.396 e. The van der Waals surface area contributed by atoms with Gasteiger partial charge in [0, 0.05) is 37.3 Å². The van der Waals surface area contributed by atoms with Crippen molar-refractivity contribution in [3.63, 3.8) is 0 Å². The van der Waals surface area contributed by atoms with Gasteiger partial charge in [-0.05, 0) is 41.2 Å². The van der Waals surface area contributed by atoms with Gasteiger partial charge in [0.2, 0.25) is 0 Å². The van der Waals surface area contributed by atoms with Gasteiger partial charge in [0.25, 0.3) is 0 Å². The number of hydrogen-bond donors (Lipinski definition) is 1. The highest BCUT2D eigenvalue weighted by Gasteiger charge is 2.33. The Bertz CT molecular complexity index is 200. The molecule has 1 fully saturated rings. The Hall–Kier alpha value is -0.120. The van der Waals surface area contributed by atoms with E-state index >= 15 is 0 Å². The third-order valence-electron chi connectivity index (χ3n) is 3.60. The first-order chi connectivity index (χ1) is 6.86. The van der Waals surface area contributed by atoms with E-state index in [9.17, 15) is 0 Å². The number of rotatable bonds is 2. The summed E-state index contributed by atoms with van der Waals surface area (Å²) in [6, 6.07) is 1.08. The first kappa shape index (κ1) is 12.9. The SMILES string of the molecule is CC1CN(C(C)(C)C)CC(CCO)N1C. The van der Waals surface area contributed by atoms with Crippen molar-refractivity contribution in [3.05, 3.63) is 0 Å². The van der Waals surface area contributed by atoms with Gasteiger partial charge >= 0.3 is 0 Å². The first-order valence-corrected chi connectivity index (χ1v) is 5.94. The summed E-state index contributed by atoms with van der Waals surface area (Å²) >= 11 is 0. The van der Waals surface area contributed by atoms with Gasteiger partial charge in [0.05, 0.1) is 0 Å². The average molecular weight is 214 g/mol. The molecule has 0 spiro atoms. The molecule has 90 valence electrons. The molecule has 1 rings (SSSR count). The Morgan fingerprint density at radius 1 is 1.27 bits per heavy atom. The zero-order valence-electron chi connectivity index (χ0n) is 10.8. The monoisotopic (exact) mass is 214 g/mol. The fourth-order valence-corrected chi connectivity index (χ4v) is 2.26. The van der Waals surface area contributed by atoms with Gasteiger partial charge in [-0.3, -0.25) is 9.80 Å². The first-order valence-electron chi connectivity index (χ1n) is 5.94. The average Bonchev–Trinajstić information content (AvgIpc) is 2.11. The summed E-state index contributed by atoms with van der Waals surface area (Å²) in [4.78, 5) is 4.93. The Morgan fingerprint density at radius 2 is 1.87 bits per heavy atom. The minimum absolute atomic E-state index is 0.239. The maximum atomic E-state index is 9.07. The lowest BCUT2D eigenvalue weighted by molar-refractivity contribution is -0.00501. The molecule has 15 heavy (non-hydrogen) atoms. The van der Waals surface area contributed by atoms with E-state index in [1.165, 1.54) is 0 Å². The van der Waals surface area contributed by atoms with Gasteiger partial charge in [-0.25, -0.2) is 0 Å². The van der Waals surface area contributed by atoms with Crippen LogP contribution in [0.25, 0.3) is 0 Å². The molecule has 1 aliphatic rings. The van der Waals surface area contributed by atoms with Crippen LogP contribution < -0.4 is 0 Å². The van der Waals surface area contributed by atoms with Crippen LogP contribution in [0.15, 0.2) is 0 Å². The summed E-state index contributed by atoms with van der Waals surface area (Å²) in [7, 11) is 2.17. The summed E-state index contributed by atoms with van der Waals surface area (Å²) in [6.45, 7) is 11.6. The van der Waals surface area contributed by atoms with Crippen molar-refractivity contribution in [2.45, 2.75) is 51.7 Å². The fraction of sp³-hybridized carbons (Fsp3) is 1.00. The number of nitrogens with zero attached hydrogens (tertiary/aromatic N) is 2. The molecule has 1 heterocycles. The van der Waals surface area contributed by atoms with Crippen molar-refractivity contribution in [3.8, 4) is 0 Å². The van der Waals surface area contributed by atoms with Crippen molar-refractivity contribution in [2.24, 2.45) is 0 Å². The van der Waals surface area contributed by atoms with Crippen molar-refractivity contribution in [1.29, 1.82) is 0 Å². The summed E-state index contributed by atoms with van der Waals surface area (Å²) in [6.07, 6.45) is 0.882. The van der Waals surface area contributed by atoms with E-state index in [1.54, 1.807) is 0 Å². The van der Waals surface area contributed by atoms with Crippen molar-refractivity contribution < 1.29 is 5.11 Å². The molecule has 0 bridgehead atoms. The second-order valence-corrected chi connectivity index (χ2v) is 5.76. The van der Waals surface area contributed by atoms with E-state index < -0.39 is 0 Å². The molecule has 0 aromatic heterocycles. The summed E-state index contributed by atoms with van der Waals surface area (Å²) in [5.41, 5.74) is 0.239. The normalized spacial score (nSPS) is 30.8. The van der Waals surface area contributed by atoms with Gasteiger partial charge < -0.3 is 5.11 Å². The molecule has 2 atom stereocenters. The van der Waals surface area contributed by atoms with Gasteiger partial charge in [-0.15, -0.1) is 0 Å². The van der Waals surface area contributed by atoms with Gasteiger partial charge in [-0.1, -0.05) is 0 Å². The molecule has 0 aromatic carbocycles. The predicted molar refractivity (Wildman–Crippen MR) is 64.0 cm³/mol. The zero-order chi connectivity index (χ0) is 11.6. The molecular weight excluding hydrogens is 188 g/mol. The molecular formula is C12H26N2O. The van der Waals surface area contributed by atoms with Crippen molar-refractivity contribution in [2.75, 3.05) is 26.7 Å². The smallest absolute Gasteiger partial charge is 0.0446 e. The Kier molecular flexibility index (Phi) is 4.15. The van der Waals surface area contributed by atoms with Crippen LogP contribution in [0.3, 0.4) is 0 Å². The summed E-state index contributed by atoms with van der Waals surface area (Å²) in [5, 5.41) is 9.07. The maximum absolute atomic E-state index is 9.07. The van der Waals surface area contributed by atoms with Crippen LogP contribution >= 0.6 is 0 Å². The Morgan fingerprint density at radius 3 is 2.33 bits per heavy atom. The number of likely N-dealkylation sites (N-methyl/N-ethyl adjacent to an activating group) is 1. The van der Waals surface area contributed by atoms with E-state index in [0.29, 0.717) is 18.7 Å². The third kappa shape index (κ3) is 3.16. The quantitative estimate of drug-likeness (QED) is 0.747. The minimum atomic E-state index is 0.239. The van der Waals surface area contributed by atoms with E-state index in [0.717, 1.165) is 19.5 Å². The lowest BCUT2D eigenvalue weighted by Crippen LogP contribution is -2.60. The largest absolute Gasteiger partial charge is 0.396 e. The van der Waals surface area contributed by atoms with Gasteiger partial charge in [0.1, 0.15) is 0 Å². The molecule has 2 unspecified atom stereocenters. The molecule has 1 saturated heterocycles. The maximum Gasteiger partial charge on any atom is 0.0446 e. The van der Waals surface area contributed by atoms with E-state index in [2.05, 4.69) is 44.5 Å². The second-order valence-electron chi connectivity index (χ2n) is 5.76. The van der Waals surface area contributed by atoms with Crippen LogP contribution in [-0.4, -0.2) is 59.3 Å². The highest BCUT2D eigenvalue weighted by molar-refractivity contribution is 4.90. The summed E-state index contributed by atoms with van der Waals surface area (Å²) < 4.78 is 0. The molecule has 0 amide bonds. The molecule has 0 radical (unpaired) electrons. The number of aliphatic hydroxyl groups is 1. The van der Waals surface area contributed by atoms with E-state index in [4.69, 9.17) is 5.11 Å².